The van der Waals surface area contributed by atoms with Crippen LogP contribution in [-0.2, 0) is 0 Å². The number of aromatic carboxylic acids is 1. The number of carboxylic acids is 1. The van der Waals surface area contributed by atoms with Gasteiger partial charge in [-0.2, -0.15) is 0 Å². The lowest BCUT2D eigenvalue weighted by Crippen LogP contribution is -1.98. The van der Waals surface area contributed by atoms with Crippen molar-refractivity contribution in [3.8, 4) is 5.75 Å². The van der Waals surface area contributed by atoms with Crippen LogP contribution in [0.15, 0.2) is 30.5 Å². The molecule has 2 N–H and O–H groups in total. The van der Waals surface area contributed by atoms with Crippen molar-refractivity contribution in [1.29, 1.82) is 0 Å². The van der Waals surface area contributed by atoms with Gasteiger partial charge in [0, 0.05) is 5.39 Å². The summed E-state index contributed by atoms with van der Waals surface area (Å²) in [5.41, 5.74) is 0.528. The minimum atomic E-state index is -1.02. The average molecular weight is 189 g/mol. The minimum Gasteiger partial charge on any atom is -0.506 e. The van der Waals surface area contributed by atoms with Crippen molar-refractivity contribution in [2.75, 3.05) is 0 Å². The molecule has 0 fully saturated rings. The van der Waals surface area contributed by atoms with E-state index in [1.54, 1.807) is 12.1 Å². The number of carboxylic acid groups (broad SMARTS) is 1. The lowest BCUT2D eigenvalue weighted by molar-refractivity contribution is 0.0699. The molecule has 70 valence electrons. The first-order valence-corrected chi connectivity index (χ1v) is 3.99. The molecule has 4 heteroatoms. The van der Waals surface area contributed by atoms with E-state index in [9.17, 15) is 4.79 Å². The molecule has 0 spiro atoms. The Morgan fingerprint density at radius 3 is 2.86 bits per heavy atom. The quantitative estimate of drug-likeness (QED) is 0.715. The van der Waals surface area contributed by atoms with Crippen LogP contribution in [-0.4, -0.2) is 21.2 Å². The number of aromatic nitrogens is 1. The number of para-hydroxylation sites is 1. The second kappa shape index (κ2) is 2.99. The number of fused-ring (bicyclic) bond motifs is 1. The van der Waals surface area contributed by atoms with Crippen molar-refractivity contribution in [2.24, 2.45) is 0 Å². The summed E-state index contributed by atoms with van der Waals surface area (Å²) in [6.07, 6.45) is 1.23. The molecule has 2 aromatic rings. The van der Waals surface area contributed by atoms with Gasteiger partial charge in [0.15, 0.2) is 0 Å². The number of rotatable bonds is 1. The molecular weight excluding hydrogens is 182 g/mol. The smallest absolute Gasteiger partial charge is 0.337 e. The molecule has 0 aliphatic rings. The second-order valence-electron chi connectivity index (χ2n) is 2.88. The fourth-order valence-corrected chi connectivity index (χ4v) is 1.32. The van der Waals surface area contributed by atoms with E-state index in [0.717, 1.165) is 0 Å². The molecule has 0 amide bonds. The fourth-order valence-electron chi connectivity index (χ4n) is 1.32. The maximum absolute atomic E-state index is 10.8. The molecule has 0 aliphatic heterocycles. The Kier molecular flexibility index (Phi) is 1.81. The molecule has 14 heavy (non-hydrogen) atoms. The standard InChI is InChI=1S/C10H7NO3/c12-7-4-6-2-1-3-8(10(13)14)9(6)11-5-7/h1-5,12H,(H,13,14). The maximum atomic E-state index is 10.8. The maximum Gasteiger partial charge on any atom is 0.337 e. The number of pyridine rings is 1. The van der Waals surface area contributed by atoms with Crippen LogP contribution < -0.4 is 0 Å². The first-order valence-electron chi connectivity index (χ1n) is 3.99. The molecule has 0 bridgehead atoms. The van der Waals surface area contributed by atoms with Gasteiger partial charge in [-0.25, -0.2) is 4.79 Å². The summed E-state index contributed by atoms with van der Waals surface area (Å²) in [6, 6.07) is 6.28. The Morgan fingerprint density at radius 1 is 1.36 bits per heavy atom. The lowest BCUT2D eigenvalue weighted by atomic mass is 10.1. The molecule has 2 rings (SSSR count). The Bertz CT molecular complexity index is 508. The summed E-state index contributed by atoms with van der Waals surface area (Å²) in [5.74, 6) is -0.992. The largest absolute Gasteiger partial charge is 0.506 e. The second-order valence-corrected chi connectivity index (χ2v) is 2.88. The summed E-state index contributed by atoms with van der Waals surface area (Å²) >= 11 is 0. The van der Waals surface area contributed by atoms with Crippen LogP contribution >= 0.6 is 0 Å². The first-order chi connectivity index (χ1) is 6.68. The number of aromatic hydroxyl groups is 1. The number of carbonyl (C=O) groups is 1. The van der Waals surface area contributed by atoms with Gasteiger partial charge in [0.1, 0.15) is 5.75 Å². The van der Waals surface area contributed by atoms with Gasteiger partial charge in [-0.15, -0.1) is 0 Å². The zero-order valence-electron chi connectivity index (χ0n) is 7.14. The SMILES string of the molecule is O=C(O)c1cccc2cc(O)cnc12. The first kappa shape index (κ1) is 8.50. The zero-order chi connectivity index (χ0) is 10.1. The molecule has 1 aromatic heterocycles. The average Bonchev–Trinajstić information content (AvgIpc) is 2.16. The van der Waals surface area contributed by atoms with Gasteiger partial charge < -0.3 is 10.2 Å². The predicted molar refractivity (Wildman–Crippen MR) is 50.4 cm³/mol. The Labute approximate surface area is 79.4 Å². The Balaban J connectivity index is 2.81. The van der Waals surface area contributed by atoms with Crippen LogP contribution in [0, 0.1) is 0 Å². The predicted octanol–water partition coefficient (Wildman–Crippen LogP) is 1.64. The molecule has 0 atom stereocenters. The van der Waals surface area contributed by atoms with Crippen molar-refractivity contribution >= 4 is 16.9 Å². The Hall–Kier alpha value is -2.10. The topological polar surface area (TPSA) is 70.4 Å². The van der Waals surface area contributed by atoms with Crippen LogP contribution in [0.5, 0.6) is 5.75 Å². The molecular formula is C10H7NO3. The molecule has 1 heterocycles. The third-order valence-corrected chi connectivity index (χ3v) is 1.93. The molecule has 0 unspecified atom stereocenters. The molecule has 0 aliphatic carbocycles. The van der Waals surface area contributed by atoms with Crippen LogP contribution in [0.2, 0.25) is 0 Å². The molecule has 1 aromatic carbocycles. The fraction of sp³-hybridized carbons (Fsp3) is 0. The highest BCUT2D eigenvalue weighted by atomic mass is 16.4. The van der Waals surface area contributed by atoms with E-state index in [1.807, 2.05) is 0 Å². The summed E-state index contributed by atoms with van der Waals surface area (Å²) in [5, 5.41) is 18.6. The van der Waals surface area contributed by atoms with Gasteiger partial charge in [0.05, 0.1) is 17.3 Å². The summed E-state index contributed by atoms with van der Waals surface area (Å²) < 4.78 is 0. The minimum absolute atomic E-state index is 0.0278. The third-order valence-electron chi connectivity index (χ3n) is 1.93. The number of hydrogen-bond acceptors (Lipinski definition) is 3. The van der Waals surface area contributed by atoms with E-state index in [2.05, 4.69) is 4.98 Å². The number of benzene rings is 1. The molecule has 4 nitrogen and oxygen atoms in total. The van der Waals surface area contributed by atoms with Crippen LogP contribution in [0.1, 0.15) is 10.4 Å². The number of nitrogens with zero attached hydrogens (tertiary/aromatic N) is 1. The monoisotopic (exact) mass is 189 g/mol. The third kappa shape index (κ3) is 1.26. The highest BCUT2D eigenvalue weighted by molar-refractivity contribution is 6.01. The van der Waals surface area contributed by atoms with Crippen molar-refractivity contribution in [1.82, 2.24) is 4.98 Å². The van der Waals surface area contributed by atoms with Crippen molar-refractivity contribution in [2.45, 2.75) is 0 Å². The van der Waals surface area contributed by atoms with Crippen molar-refractivity contribution < 1.29 is 15.0 Å². The van der Waals surface area contributed by atoms with Gasteiger partial charge in [-0.3, -0.25) is 4.98 Å². The van der Waals surface area contributed by atoms with Gasteiger partial charge in [0.25, 0.3) is 0 Å². The van der Waals surface area contributed by atoms with Crippen LogP contribution in [0.3, 0.4) is 0 Å². The van der Waals surface area contributed by atoms with Gasteiger partial charge in [-0.1, -0.05) is 12.1 Å². The highest BCUT2D eigenvalue weighted by Crippen LogP contribution is 2.20. The van der Waals surface area contributed by atoms with E-state index in [0.29, 0.717) is 10.9 Å². The van der Waals surface area contributed by atoms with E-state index < -0.39 is 5.97 Å². The van der Waals surface area contributed by atoms with E-state index in [1.165, 1.54) is 18.3 Å². The highest BCUT2D eigenvalue weighted by Gasteiger charge is 2.08. The van der Waals surface area contributed by atoms with Crippen molar-refractivity contribution in [3.63, 3.8) is 0 Å². The normalized spacial score (nSPS) is 10.3. The summed E-state index contributed by atoms with van der Waals surface area (Å²) in [7, 11) is 0. The van der Waals surface area contributed by atoms with Gasteiger partial charge >= 0.3 is 5.97 Å². The van der Waals surface area contributed by atoms with E-state index in [-0.39, 0.29) is 11.3 Å². The van der Waals surface area contributed by atoms with Crippen LogP contribution in [0.4, 0.5) is 0 Å². The molecule has 0 saturated heterocycles. The van der Waals surface area contributed by atoms with E-state index in [4.69, 9.17) is 10.2 Å². The lowest BCUT2D eigenvalue weighted by Gasteiger charge is -2.00. The summed E-state index contributed by atoms with van der Waals surface area (Å²) in [4.78, 5) is 14.7. The van der Waals surface area contributed by atoms with E-state index >= 15 is 0 Å². The molecule has 0 radical (unpaired) electrons. The molecule has 0 saturated carbocycles. The van der Waals surface area contributed by atoms with Crippen molar-refractivity contribution in [3.05, 3.63) is 36.0 Å². The van der Waals surface area contributed by atoms with Gasteiger partial charge in [-0.05, 0) is 12.1 Å². The van der Waals surface area contributed by atoms with Gasteiger partial charge in [0.2, 0.25) is 0 Å². The number of hydrogen-bond donors (Lipinski definition) is 2. The zero-order valence-corrected chi connectivity index (χ0v) is 7.14. The summed E-state index contributed by atoms with van der Waals surface area (Å²) in [6.45, 7) is 0. The van der Waals surface area contributed by atoms with Crippen LogP contribution in [0.25, 0.3) is 10.9 Å². The Morgan fingerprint density at radius 2 is 2.14 bits per heavy atom.